The van der Waals surface area contributed by atoms with Gasteiger partial charge in [0.05, 0.1) is 6.26 Å². The van der Waals surface area contributed by atoms with E-state index in [1.54, 1.807) is 25.1 Å². The Kier molecular flexibility index (Phi) is 3.97. The summed E-state index contributed by atoms with van der Waals surface area (Å²) in [7, 11) is 0. The number of carbonyl (C=O) groups is 2. The molecule has 0 aliphatic carbocycles. The molecule has 0 aromatic carbocycles. The lowest BCUT2D eigenvalue weighted by atomic mass is 10.3. The zero-order chi connectivity index (χ0) is 13.7. The van der Waals surface area contributed by atoms with E-state index in [9.17, 15) is 9.59 Å². The smallest absolute Gasteiger partial charge is 0.286 e. The lowest BCUT2D eigenvalue weighted by Crippen LogP contribution is -2.27. The summed E-state index contributed by atoms with van der Waals surface area (Å²) in [6.45, 7) is 1.94. The van der Waals surface area contributed by atoms with Crippen LogP contribution in [0.4, 0.5) is 5.82 Å². The first-order valence-corrected chi connectivity index (χ1v) is 5.70. The number of carbonyl (C=O) groups excluding carboxylic acids is 2. The first kappa shape index (κ1) is 12.9. The van der Waals surface area contributed by atoms with Gasteiger partial charge < -0.3 is 19.6 Å². The van der Waals surface area contributed by atoms with Gasteiger partial charge in [0.2, 0.25) is 5.91 Å². The Morgan fingerprint density at radius 1 is 1.42 bits per heavy atom. The minimum Gasteiger partial charge on any atom is -0.459 e. The van der Waals surface area contributed by atoms with Crippen molar-refractivity contribution in [2.24, 2.45) is 0 Å². The number of hydrogen-bond acceptors (Lipinski definition) is 5. The van der Waals surface area contributed by atoms with E-state index in [-0.39, 0.29) is 30.5 Å². The second-order valence-electron chi connectivity index (χ2n) is 3.85. The van der Waals surface area contributed by atoms with Crippen LogP contribution in [0.3, 0.4) is 0 Å². The Morgan fingerprint density at radius 2 is 2.26 bits per heavy atom. The predicted octanol–water partition coefficient (Wildman–Crippen LogP) is 1.33. The fraction of sp³-hybridized carbons (Fsp3) is 0.250. The molecule has 2 amide bonds. The van der Waals surface area contributed by atoms with Gasteiger partial charge in [-0.2, -0.15) is 0 Å². The Hall–Kier alpha value is -2.57. The van der Waals surface area contributed by atoms with Gasteiger partial charge in [0.1, 0.15) is 5.76 Å². The number of nitrogens with one attached hydrogen (secondary N) is 2. The Balaban J connectivity index is 1.71. The third kappa shape index (κ3) is 3.70. The van der Waals surface area contributed by atoms with Crippen LogP contribution in [-0.4, -0.2) is 23.5 Å². The Labute approximate surface area is 108 Å². The van der Waals surface area contributed by atoms with Crippen LogP contribution in [0.5, 0.6) is 0 Å². The summed E-state index contributed by atoms with van der Waals surface area (Å²) in [6, 6.07) is 4.78. The number of amides is 2. The Bertz CT molecular complexity index is 559. The van der Waals surface area contributed by atoms with Crippen LogP contribution in [0.15, 0.2) is 33.4 Å². The monoisotopic (exact) mass is 263 g/mol. The molecule has 7 nitrogen and oxygen atoms in total. The molecule has 2 aromatic heterocycles. The van der Waals surface area contributed by atoms with Crippen molar-refractivity contribution in [1.29, 1.82) is 0 Å². The number of rotatable bonds is 5. The van der Waals surface area contributed by atoms with Gasteiger partial charge in [-0.25, -0.2) is 0 Å². The molecule has 2 aromatic rings. The normalized spacial score (nSPS) is 10.2. The maximum absolute atomic E-state index is 11.5. The molecule has 2 rings (SSSR count). The summed E-state index contributed by atoms with van der Waals surface area (Å²) in [4.78, 5) is 23.0. The lowest BCUT2D eigenvalue weighted by molar-refractivity contribution is -0.116. The van der Waals surface area contributed by atoms with Crippen molar-refractivity contribution >= 4 is 17.6 Å². The lowest BCUT2D eigenvalue weighted by Gasteiger charge is -2.03. The van der Waals surface area contributed by atoms with Gasteiger partial charge in [-0.3, -0.25) is 9.59 Å². The molecule has 0 bridgehead atoms. The molecule has 100 valence electrons. The summed E-state index contributed by atoms with van der Waals surface area (Å²) >= 11 is 0. The topological polar surface area (TPSA) is 97.4 Å². The largest absolute Gasteiger partial charge is 0.459 e. The summed E-state index contributed by atoms with van der Waals surface area (Å²) in [5.41, 5.74) is 0. The SMILES string of the molecule is Cc1cc(NC(=O)CCNC(=O)c2ccco2)no1. The minimum absolute atomic E-state index is 0.137. The Morgan fingerprint density at radius 3 is 2.89 bits per heavy atom. The molecule has 7 heteroatoms. The highest BCUT2D eigenvalue weighted by atomic mass is 16.5. The van der Waals surface area contributed by atoms with Crippen molar-refractivity contribution < 1.29 is 18.5 Å². The van der Waals surface area contributed by atoms with Crippen LogP contribution >= 0.6 is 0 Å². The molecule has 0 saturated heterocycles. The quantitative estimate of drug-likeness (QED) is 0.848. The summed E-state index contributed by atoms with van der Waals surface area (Å²) in [5, 5.41) is 8.75. The van der Waals surface area contributed by atoms with E-state index < -0.39 is 0 Å². The van der Waals surface area contributed by atoms with Crippen molar-refractivity contribution in [2.75, 3.05) is 11.9 Å². The van der Waals surface area contributed by atoms with Crippen LogP contribution in [0.25, 0.3) is 0 Å². The number of anilines is 1. The molecule has 0 unspecified atom stereocenters. The predicted molar refractivity (Wildman–Crippen MR) is 65.5 cm³/mol. The molecular weight excluding hydrogens is 250 g/mol. The number of aryl methyl sites for hydroxylation is 1. The average molecular weight is 263 g/mol. The zero-order valence-electron chi connectivity index (χ0n) is 10.3. The van der Waals surface area contributed by atoms with Crippen molar-refractivity contribution in [3.05, 3.63) is 36.0 Å². The highest BCUT2D eigenvalue weighted by molar-refractivity contribution is 5.93. The first-order chi connectivity index (χ1) is 9.15. The van der Waals surface area contributed by atoms with Gasteiger partial charge in [0.15, 0.2) is 11.6 Å². The number of hydrogen-bond donors (Lipinski definition) is 2. The van der Waals surface area contributed by atoms with Crippen LogP contribution in [0, 0.1) is 6.92 Å². The second kappa shape index (κ2) is 5.85. The summed E-state index contributed by atoms with van der Waals surface area (Å²) in [6.07, 6.45) is 1.55. The van der Waals surface area contributed by atoms with Gasteiger partial charge >= 0.3 is 0 Å². The van der Waals surface area contributed by atoms with Crippen LogP contribution < -0.4 is 10.6 Å². The molecule has 0 aliphatic rings. The fourth-order valence-electron chi connectivity index (χ4n) is 1.42. The van der Waals surface area contributed by atoms with Crippen molar-refractivity contribution in [2.45, 2.75) is 13.3 Å². The molecule has 0 fully saturated rings. The zero-order valence-corrected chi connectivity index (χ0v) is 10.3. The van der Waals surface area contributed by atoms with E-state index in [0.717, 1.165) is 0 Å². The fourth-order valence-corrected chi connectivity index (χ4v) is 1.42. The molecule has 2 heterocycles. The van der Waals surface area contributed by atoms with Gasteiger partial charge in [0.25, 0.3) is 5.91 Å². The van der Waals surface area contributed by atoms with Crippen molar-refractivity contribution in [3.63, 3.8) is 0 Å². The van der Waals surface area contributed by atoms with E-state index in [1.807, 2.05) is 0 Å². The van der Waals surface area contributed by atoms with Gasteiger partial charge in [-0.05, 0) is 19.1 Å². The third-order valence-electron chi connectivity index (χ3n) is 2.28. The van der Waals surface area contributed by atoms with Gasteiger partial charge in [-0.15, -0.1) is 0 Å². The van der Waals surface area contributed by atoms with Crippen molar-refractivity contribution in [3.8, 4) is 0 Å². The second-order valence-corrected chi connectivity index (χ2v) is 3.85. The van der Waals surface area contributed by atoms with E-state index in [4.69, 9.17) is 8.94 Å². The molecule has 0 saturated carbocycles. The number of aromatic nitrogens is 1. The van der Waals surface area contributed by atoms with Crippen LogP contribution in [-0.2, 0) is 4.79 Å². The molecule has 0 aliphatic heterocycles. The molecule has 0 spiro atoms. The summed E-state index contributed by atoms with van der Waals surface area (Å²) < 4.78 is 9.73. The maximum Gasteiger partial charge on any atom is 0.286 e. The first-order valence-electron chi connectivity index (χ1n) is 5.70. The third-order valence-corrected chi connectivity index (χ3v) is 2.28. The van der Waals surface area contributed by atoms with E-state index in [2.05, 4.69) is 15.8 Å². The van der Waals surface area contributed by atoms with Crippen molar-refractivity contribution in [1.82, 2.24) is 10.5 Å². The van der Waals surface area contributed by atoms with Crippen LogP contribution in [0.1, 0.15) is 22.7 Å². The van der Waals surface area contributed by atoms with Crippen LogP contribution in [0.2, 0.25) is 0 Å². The highest BCUT2D eigenvalue weighted by Gasteiger charge is 2.09. The van der Waals surface area contributed by atoms with Gasteiger partial charge in [0, 0.05) is 19.0 Å². The van der Waals surface area contributed by atoms with E-state index in [1.165, 1.54) is 6.26 Å². The molecule has 2 N–H and O–H groups in total. The minimum atomic E-state index is -0.352. The average Bonchev–Trinajstić information content (AvgIpc) is 3.00. The number of furan rings is 1. The molecule has 0 radical (unpaired) electrons. The standard InChI is InChI=1S/C12H13N3O4/c1-8-7-10(15-19-8)14-11(16)4-5-13-12(17)9-3-2-6-18-9/h2-3,6-7H,4-5H2,1H3,(H,13,17)(H,14,15,16). The highest BCUT2D eigenvalue weighted by Crippen LogP contribution is 2.07. The molecular formula is C12H13N3O4. The van der Waals surface area contributed by atoms with E-state index in [0.29, 0.717) is 11.6 Å². The van der Waals surface area contributed by atoms with Gasteiger partial charge in [-0.1, -0.05) is 5.16 Å². The number of nitrogens with zero attached hydrogens (tertiary/aromatic N) is 1. The van der Waals surface area contributed by atoms with E-state index >= 15 is 0 Å². The maximum atomic E-state index is 11.5. The molecule has 0 atom stereocenters. The molecule has 19 heavy (non-hydrogen) atoms. The summed E-state index contributed by atoms with van der Waals surface area (Å²) in [5.74, 6) is 0.581.